The van der Waals surface area contributed by atoms with Crippen molar-refractivity contribution >= 4 is 23.3 Å². The SMILES string of the molecule is O=C(Nc1cccc(Cl)c1)N1CCCCC(c2ccccc2)C1. The van der Waals surface area contributed by atoms with Crippen molar-refractivity contribution in [3.05, 3.63) is 65.2 Å². The van der Waals surface area contributed by atoms with Crippen LogP contribution in [0.5, 0.6) is 0 Å². The molecule has 1 aliphatic rings. The van der Waals surface area contributed by atoms with Crippen molar-refractivity contribution in [3.8, 4) is 0 Å². The van der Waals surface area contributed by atoms with Gasteiger partial charge in [-0.3, -0.25) is 0 Å². The van der Waals surface area contributed by atoms with E-state index < -0.39 is 0 Å². The number of hydrogen-bond donors (Lipinski definition) is 1. The highest BCUT2D eigenvalue weighted by molar-refractivity contribution is 6.30. The van der Waals surface area contributed by atoms with Gasteiger partial charge in [-0.25, -0.2) is 4.79 Å². The third-order valence-electron chi connectivity index (χ3n) is 4.31. The molecule has 3 rings (SSSR count). The average molecular weight is 329 g/mol. The predicted octanol–water partition coefficient (Wildman–Crippen LogP) is 5.14. The van der Waals surface area contributed by atoms with Crippen molar-refractivity contribution in [3.63, 3.8) is 0 Å². The number of amides is 2. The Balaban J connectivity index is 1.69. The maximum atomic E-state index is 12.6. The van der Waals surface area contributed by atoms with Crippen LogP contribution in [0.25, 0.3) is 0 Å². The van der Waals surface area contributed by atoms with Crippen LogP contribution in [0.1, 0.15) is 30.7 Å². The van der Waals surface area contributed by atoms with E-state index in [1.807, 2.05) is 23.1 Å². The number of nitrogens with zero attached hydrogens (tertiary/aromatic N) is 1. The van der Waals surface area contributed by atoms with Gasteiger partial charge >= 0.3 is 6.03 Å². The molecule has 120 valence electrons. The third-order valence-corrected chi connectivity index (χ3v) is 4.54. The standard InChI is InChI=1S/C19H21ClN2O/c20-17-10-6-11-18(13-17)21-19(23)22-12-5-4-9-16(14-22)15-7-2-1-3-8-15/h1-3,6-8,10-11,13,16H,4-5,9,12,14H2,(H,21,23). The lowest BCUT2D eigenvalue weighted by Gasteiger charge is -2.25. The number of hydrogen-bond acceptors (Lipinski definition) is 1. The van der Waals surface area contributed by atoms with E-state index in [1.165, 1.54) is 5.56 Å². The summed E-state index contributed by atoms with van der Waals surface area (Å²) >= 11 is 5.98. The fraction of sp³-hybridized carbons (Fsp3) is 0.316. The first-order valence-corrected chi connectivity index (χ1v) is 8.46. The van der Waals surface area contributed by atoms with E-state index in [-0.39, 0.29) is 6.03 Å². The van der Waals surface area contributed by atoms with E-state index in [0.717, 1.165) is 38.0 Å². The first-order valence-electron chi connectivity index (χ1n) is 8.09. The Morgan fingerprint density at radius 3 is 2.70 bits per heavy atom. The van der Waals surface area contributed by atoms with Gasteiger partial charge in [0.15, 0.2) is 0 Å². The van der Waals surface area contributed by atoms with Crippen LogP contribution in [0.4, 0.5) is 10.5 Å². The summed E-state index contributed by atoms with van der Waals surface area (Å²) in [5.41, 5.74) is 2.05. The van der Waals surface area contributed by atoms with Gasteiger partial charge in [-0.15, -0.1) is 0 Å². The number of likely N-dealkylation sites (tertiary alicyclic amines) is 1. The van der Waals surface area contributed by atoms with Crippen LogP contribution in [0.3, 0.4) is 0 Å². The molecule has 1 N–H and O–H groups in total. The van der Waals surface area contributed by atoms with Gasteiger partial charge in [0.2, 0.25) is 0 Å². The normalized spacial score (nSPS) is 18.3. The number of rotatable bonds is 2. The number of carbonyl (C=O) groups excluding carboxylic acids is 1. The molecule has 0 radical (unpaired) electrons. The van der Waals surface area contributed by atoms with Crippen LogP contribution < -0.4 is 5.32 Å². The number of nitrogens with one attached hydrogen (secondary N) is 1. The summed E-state index contributed by atoms with van der Waals surface area (Å²) in [5.74, 6) is 0.406. The smallest absolute Gasteiger partial charge is 0.321 e. The molecule has 0 spiro atoms. The van der Waals surface area contributed by atoms with Gasteiger partial charge in [0.25, 0.3) is 0 Å². The highest BCUT2D eigenvalue weighted by atomic mass is 35.5. The number of urea groups is 1. The van der Waals surface area contributed by atoms with E-state index in [2.05, 4.69) is 29.6 Å². The molecule has 1 heterocycles. The van der Waals surface area contributed by atoms with Crippen molar-refractivity contribution in [1.82, 2.24) is 4.90 Å². The quantitative estimate of drug-likeness (QED) is 0.813. The van der Waals surface area contributed by atoms with Crippen LogP contribution in [0.15, 0.2) is 54.6 Å². The Hall–Kier alpha value is -2.00. The summed E-state index contributed by atoms with van der Waals surface area (Å²) < 4.78 is 0. The molecule has 2 aromatic rings. The Morgan fingerprint density at radius 1 is 1.09 bits per heavy atom. The number of carbonyl (C=O) groups is 1. The molecule has 1 fully saturated rings. The first-order chi connectivity index (χ1) is 11.2. The minimum absolute atomic E-state index is 0.0462. The van der Waals surface area contributed by atoms with Gasteiger partial charge in [-0.05, 0) is 36.6 Å². The molecule has 1 saturated heterocycles. The van der Waals surface area contributed by atoms with E-state index in [0.29, 0.717) is 10.9 Å². The monoisotopic (exact) mass is 328 g/mol. The maximum Gasteiger partial charge on any atom is 0.321 e. The van der Waals surface area contributed by atoms with Crippen molar-refractivity contribution < 1.29 is 4.79 Å². The molecule has 3 nitrogen and oxygen atoms in total. The summed E-state index contributed by atoms with van der Waals surface area (Å²) in [7, 11) is 0. The second-order valence-corrected chi connectivity index (χ2v) is 6.43. The van der Waals surface area contributed by atoms with Gasteiger partial charge in [0, 0.05) is 29.7 Å². The Kier molecular flexibility index (Phi) is 5.19. The van der Waals surface area contributed by atoms with Crippen LogP contribution in [-0.2, 0) is 0 Å². The van der Waals surface area contributed by atoms with E-state index in [9.17, 15) is 4.79 Å². The van der Waals surface area contributed by atoms with E-state index in [4.69, 9.17) is 11.6 Å². The van der Waals surface area contributed by atoms with Gasteiger partial charge in [-0.1, -0.05) is 54.4 Å². The molecule has 0 aliphatic carbocycles. The Labute approximate surface area is 142 Å². The molecule has 1 atom stereocenters. The molecular formula is C19H21ClN2O. The molecule has 1 aliphatic heterocycles. The molecule has 2 aromatic carbocycles. The topological polar surface area (TPSA) is 32.3 Å². The third kappa shape index (κ3) is 4.26. The lowest BCUT2D eigenvalue weighted by Crippen LogP contribution is -2.37. The average Bonchev–Trinajstić information content (AvgIpc) is 2.82. The van der Waals surface area contributed by atoms with Crippen LogP contribution in [0, 0.1) is 0 Å². The Bertz CT molecular complexity index is 659. The van der Waals surface area contributed by atoms with E-state index >= 15 is 0 Å². The Morgan fingerprint density at radius 2 is 1.91 bits per heavy atom. The van der Waals surface area contributed by atoms with Gasteiger partial charge in [0.1, 0.15) is 0 Å². The summed E-state index contributed by atoms with van der Waals surface area (Å²) in [4.78, 5) is 14.5. The van der Waals surface area contributed by atoms with Crippen molar-refractivity contribution in [2.45, 2.75) is 25.2 Å². The van der Waals surface area contributed by atoms with Crippen molar-refractivity contribution in [2.24, 2.45) is 0 Å². The van der Waals surface area contributed by atoms with Crippen molar-refractivity contribution in [2.75, 3.05) is 18.4 Å². The van der Waals surface area contributed by atoms with Gasteiger partial charge in [0.05, 0.1) is 0 Å². The summed E-state index contributed by atoms with van der Waals surface area (Å²) in [6.07, 6.45) is 3.33. The minimum Gasteiger partial charge on any atom is -0.324 e. The van der Waals surface area contributed by atoms with Crippen LogP contribution >= 0.6 is 11.6 Å². The van der Waals surface area contributed by atoms with Gasteiger partial charge < -0.3 is 10.2 Å². The second kappa shape index (κ2) is 7.51. The van der Waals surface area contributed by atoms with Crippen LogP contribution in [-0.4, -0.2) is 24.0 Å². The van der Waals surface area contributed by atoms with Crippen molar-refractivity contribution in [1.29, 1.82) is 0 Å². The zero-order chi connectivity index (χ0) is 16.1. The first kappa shape index (κ1) is 15.9. The summed E-state index contributed by atoms with van der Waals surface area (Å²) in [6.45, 7) is 1.56. The minimum atomic E-state index is -0.0462. The lowest BCUT2D eigenvalue weighted by atomic mass is 9.94. The molecule has 4 heteroatoms. The zero-order valence-corrected chi connectivity index (χ0v) is 13.8. The van der Waals surface area contributed by atoms with E-state index in [1.54, 1.807) is 12.1 Å². The molecule has 0 saturated carbocycles. The molecule has 1 unspecified atom stereocenters. The predicted molar refractivity (Wildman–Crippen MR) is 95.1 cm³/mol. The highest BCUT2D eigenvalue weighted by Crippen LogP contribution is 2.26. The molecule has 0 bridgehead atoms. The molecule has 23 heavy (non-hydrogen) atoms. The molecular weight excluding hydrogens is 308 g/mol. The fourth-order valence-electron chi connectivity index (χ4n) is 3.09. The molecule has 2 amide bonds. The summed E-state index contributed by atoms with van der Waals surface area (Å²) in [6, 6.07) is 17.7. The van der Waals surface area contributed by atoms with Crippen LogP contribution in [0.2, 0.25) is 5.02 Å². The zero-order valence-electron chi connectivity index (χ0n) is 13.0. The highest BCUT2D eigenvalue weighted by Gasteiger charge is 2.23. The molecule has 0 aromatic heterocycles. The number of anilines is 1. The number of benzene rings is 2. The summed E-state index contributed by atoms with van der Waals surface area (Å²) in [5, 5.41) is 3.58. The maximum absolute atomic E-state index is 12.6. The fourth-order valence-corrected chi connectivity index (χ4v) is 3.28. The lowest BCUT2D eigenvalue weighted by molar-refractivity contribution is 0.211. The number of halogens is 1. The largest absolute Gasteiger partial charge is 0.324 e. The van der Waals surface area contributed by atoms with Gasteiger partial charge in [-0.2, -0.15) is 0 Å². The second-order valence-electron chi connectivity index (χ2n) is 5.99.